The Balaban J connectivity index is 1.79. The normalized spacial score (nSPS) is 25.6. The van der Waals surface area contributed by atoms with Crippen LogP contribution >= 0.6 is 0 Å². The van der Waals surface area contributed by atoms with Crippen molar-refractivity contribution < 1.29 is 9.53 Å². The van der Waals surface area contributed by atoms with Gasteiger partial charge in [-0.05, 0) is 42.9 Å². The average molecular weight is 330 g/mol. The molecule has 0 spiro atoms. The molecule has 0 N–H and O–H groups in total. The van der Waals surface area contributed by atoms with E-state index in [1.807, 2.05) is 24.3 Å². The zero-order chi connectivity index (χ0) is 17.2. The lowest BCUT2D eigenvalue weighted by molar-refractivity contribution is -0.105. The molecular weight excluding hydrogens is 308 g/mol. The quantitative estimate of drug-likeness (QED) is 0.709. The zero-order valence-electron chi connectivity index (χ0n) is 14.4. The Hall–Kier alpha value is -2.61. The summed E-state index contributed by atoms with van der Waals surface area (Å²) in [6.07, 6.45) is 4.80. The lowest BCUT2D eigenvalue weighted by Gasteiger charge is -2.41. The molecule has 2 nitrogen and oxygen atoms in total. The molecule has 0 bridgehead atoms. The second kappa shape index (κ2) is 6.72. The van der Waals surface area contributed by atoms with Crippen molar-refractivity contribution in [3.8, 4) is 0 Å². The molecule has 0 saturated carbocycles. The SMILES string of the molecule is CC1=CC(C=O)=C2OC(c3ccccc3)CC(c3ccccc3)C2C1. The van der Waals surface area contributed by atoms with Crippen molar-refractivity contribution in [3.05, 3.63) is 94.8 Å². The fraction of sp³-hybridized carbons (Fsp3) is 0.261. The van der Waals surface area contributed by atoms with Crippen LogP contribution in [0.15, 0.2) is 83.6 Å². The second-order valence-corrected chi connectivity index (χ2v) is 7.01. The van der Waals surface area contributed by atoms with Crippen LogP contribution in [-0.2, 0) is 9.53 Å². The molecule has 3 unspecified atom stereocenters. The number of benzene rings is 2. The summed E-state index contributed by atoms with van der Waals surface area (Å²) < 4.78 is 6.38. The van der Waals surface area contributed by atoms with Gasteiger partial charge in [0.25, 0.3) is 0 Å². The Morgan fingerprint density at radius 1 is 0.920 bits per heavy atom. The molecule has 0 radical (unpaired) electrons. The third-order valence-corrected chi connectivity index (χ3v) is 5.31. The molecular formula is C23H22O2. The van der Waals surface area contributed by atoms with Crippen molar-refractivity contribution in [2.24, 2.45) is 5.92 Å². The summed E-state index contributed by atoms with van der Waals surface area (Å²) >= 11 is 0. The van der Waals surface area contributed by atoms with Crippen molar-refractivity contribution in [2.75, 3.05) is 0 Å². The van der Waals surface area contributed by atoms with E-state index in [9.17, 15) is 4.79 Å². The minimum Gasteiger partial charge on any atom is -0.489 e. The smallest absolute Gasteiger partial charge is 0.153 e. The molecule has 2 aliphatic rings. The number of aldehydes is 1. The molecule has 0 aromatic heterocycles. The largest absolute Gasteiger partial charge is 0.489 e. The highest BCUT2D eigenvalue weighted by atomic mass is 16.5. The summed E-state index contributed by atoms with van der Waals surface area (Å²) in [5.74, 6) is 1.47. The maximum absolute atomic E-state index is 11.7. The number of rotatable bonds is 3. The number of carbonyl (C=O) groups excluding carboxylic acids is 1. The Bertz CT molecular complexity index is 818. The lowest BCUT2D eigenvalue weighted by Crippen LogP contribution is -2.29. The standard InChI is InChI=1S/C23H22O2/c1-16-12-19(15-24)23-21(13-16)20(17-8-4-2-5-9-17)14-22(25-23)18-10-6-3-7-11-18/h2-12,15,20-22H,13-14H2,1H3. The minimum atomic E-state index is -0.0144. The summed E-state index contributed by atoms with van der Waals surface area (Å²) in [5, 5.41) is 0. The van der Waals surface area contributed by atoms with E-state index in [0.717, 1.165) is 24.9 Å². The molecule has 0 amide bonds. The van der Waals surface area contributed by atoms with Crippen molar-refractivity contribution in [3.63, 3.8) is 0 Å². The van der Waals surface area contributed by atoms with Crippen LogP contribution < -0.4 is 0 Å². The maximum Gasteiger partial charge on any atom is 0.153 e. The van der Waals surface area contributed by atoms with Gasteiger partial charge in [0.2, 0.25) is 0 Å². The fourth-order valence-corrected chi connectivity index (χ4v) is 4.16. The van der Waals surface area contributed by atoms with Gasteiger partial charge in [0, 0.05) is 5.92 Å². The van der Waals surface area contributed by atoms with Crippen LogP contribution in [0.4, 0.5) is 0 Å². The number of hydrogen-bond acceptors (Lipinski definition) is 2. The van der Waals surface area contributed by atoms with Gasteiger partial charge < -0.3 is 4.74 Å². The number of carbonyl (C=O) groups is 1. The molecule has 4 rings (SSSR count). The molecule has 1 aliphatic carbocycles. The highest BCUT2D eigenvalue weighted by Gasteiger charge is 2.39. The average Bonchev–Trinajstić information content (AvgIpc) is 2.68. The van der Waals surface area contributed by atoms with Crippen LogP contribution in [0.2, 0.25) is 0 Å². The van der Waals surface area contributed by atoms with Gasteiger partial charge in [-0.1, -0.05) is 66.2 Å². The van der Waals surface area contributed by atoms with Gasteiger partial charge in [-0.3, -0.25) is 4.79 Å². The Labute approximate surface area is 148 Å². The summed E-state index contributed by atoms with van der Waals surface area (Å²) in [6, 6.07) is 21.0. The minimum absolute atomic E-state index is 0.0144. The van der Waals surface area contributed by atoms with E-state index < -0.39 is 0 Å². The highest BCUT2D eigenvalue weighted by Crippen LogP contribution is 2.50. The molecule has 1 fully saturated rings. The second-order valence-electron chi connectivity index (χ2n) is 7.01. The fourth-order valence-electron chi connectivity index (χ4n) is 4.16. The summed E-state index contributed by atoms with van der Waals surface area (Å²) in [7, 11) is 0. The van der Waals surface area contributed by atoms with Crippen molar-refractivity contribution >= 4 is 6.29 Å². The van der Waals surface area contributed by atoms with E-state index >= 15 is 0 Å². The van der Waals surface area contributed by atoms with E-state index in [1.54, 1.807) is 0 Å². The lowest BCUT2D eigenvalue weighted by atomic mass is 9.72. The van der Waals surface area contributed by atoms with Crippen molar-refractivity contribution in [1.82, 2.24) is 0 Å². The number of hydrogen-bond donors (Lipinski definition) is 0. The number of fused-ring (bicyclic) bond motifs is 1. The maximum atomic E-state index is 11.7. The predicted molar refractivity (Wildman–Crippen MR) is 99.0 cm³/mol. The first-order chi connectivity index (χ1) is 12.3. The Kier molecular flexibility index (Phi) is 4.27. The van der Waals surface area contributed by atoms with Gasteiger partial charge >= 0.3 is 0 Å². The van der Waals surface area contributed by atoms with Gasteiger partial charge in [-0.2, -0.15) is 0 Å². The van der Waals surface area contributed by atoms with E-state index in [0.29, 0.717) is 11.5 Å². The monoisotopic (exact) mass is 330 g/mol. The first kappa shape index (κ1) is 15.9. The molecule has 3 atom stereocenters. The molecule has 1 heterocycles. The van der Waals surface area contributed by atoms with Crippen LogP contribution in [0.5, 0.6) is 0 Å². The third-order valence-electron chi connectivity index (χ3n) is 5.31. The van der Waals surface area contributed by atoms with Crippen LogP contribution in [0.25, 0.3) is 0 Å². The van der Waals surface area contributed by atoms with Gasteiger partial charge in [-0.15, -0.1) is 0 Å². The summed E-state index contributed by atoms with van der Waals surface area (Å²) in [5.41, 5.74) is 4.45. The van der Waals surface area contributed by atoms with E-state index in [4.69, 9.17) is 4.74 Å². The zero-order valence-corrected chi connectivity index (χ0v) is 14.4. The number of allylic oxidation sites excluding steroid dienone is 4. The third kappa shape index (κ3) is 3.05. The summed E-state index contributed by atoms with van der Waals surface area (Å²) in [6.45, 7) is 2.10. The van der Waals surface area contributed by atoms with E-state index in [1.165, 1.54) is 16.7 Å². The Morgan fingerprint density at radius 3 is 2.20 bits per heavy atom. The van der Waals surface area contributed by atoms with E-state index in [-0.39, 0.29) is 12.0 Å². The molecule has 25 heavy (non-hydrogen) atoms. The summed E-state index contributed by atoms with van der Waals surface area (Å²) in [4.78, 5) is 11.7. The predicted octanol–water partition coefficient (Wildman–Crippen LogP) is 5.35. The van der Waals surface area contributed by atoms with Crippen LogP contribution in [0.1, 0.15) is 42.9 Å². The number of ether oxygens (including phenoxy) is 1. The molecule has 1 saturated heterocycles. The van der Waals surface area contributed by atoms with Crippen molar-refractivity contribution in [1.29, 1.82) is 0 Å². The highest BCUT2D eigenvalue weighted by molar-refractivity contribution is 5.79. The molecule has 126 valence electrons. The van der Waals surface area contributed by atoms with Crippen LogP contribution in [0, 0.1) is 5.92 Å². The van der Waals surface area contributed by atoms with Gasteiger partial charge in [-0.25, -0.2) is 0 Å². The van der Waals surface area contributed by atoms with E-state index in [2.05, 4.69) is 49.4 Å². The Morgan fingerprint density at radius 2 is 1.56 bits per heavy atom. The van der Waals surface area contributed by atoms with Gasteiger partial charge in [0.05, 0.1) is 5.57 Å². The van der Waals surface area contributed by atoms with Crippen molar-refractivity contribution in [2.45, 2.75) is 31.8 Å². The topological polar surface area (TPSA) is 26.3 Å². The van der Waals surface area contributed by atoms with Crippen LogP contribution in [-0.4, -0.2) is 6.29 Å². The van der Waals surface area contributed by atoms with Crippen LogP contribution in [0.3, 0.4) is 0 Å². The molecule has 1 aliphatic heterocycles. The molecule has 2 aromatic rings. The van der Waals surface area contributed by atoms with Gasteiger partial charge in [0.15, 0.2) is 6.29 Å². The first-order valence-corrected chi connectivity index (χ1v) is 8.89. The first-order valence-electron chi connectivity index (χ1n) is 8.89. The molecule has 2 aromatic carbocycles. The van der Waals surface area contributed by atoms with Gasteiger partial charge in [0.1, 0.15) is 11.9 Å². The molecule has 2 heteroatoms.